The first-order valence-corrected chi connectivity index (χ1v) is 11.8. The Kier molecular flexibility index (Phi) is 7.18. The molecule has 2 aromatic carbocycles. The quantitative estimate of drug-likeness (QED) is 0.384. The molecule has 2 aromatic rings. The van der Waals surface area contributed by atoms with Crippen molar-refractivity contribution in [2.45, 2.75) is 38.3 Å². The number of halogens is 3. The van der Waals surface area contributed by atoms with E-state index in [4.69, 9.17) is 0 Å². The Morgan fingerprint density at radius 2 is 1.45 bits per heavy atom. The van der Waals surface area contributed by atoms with Crippen LogP contribution in [0.1, 0.15) is 32.1 Å². The van der Waals surface area contributed by atoms with E-state index in [1.807, 2.05) is 60.7 Å². The molecule has 0 aromatic heterocycles. The second-order valence-electron chi connectivity index (χ2n) is 7.46. The first kappa shape index (κ1) is 21.6. The van der Waals surface area contributed by atoms with E-state index >= 15 is 0 Å². The molecule has 0 saturated heterocycles. The molecule has 3 nitrogen and oxygen atoms in total. The minimum absolute atomic E-state index is 0.0604. The fourth-order valence-electron chi connectivity index (χ4n) is 3.82. The van der Waals surface area contributed by atoms with E-state index in [0.717, 1.165) is 32.1 Å². The zero-order valence-electron chi connectivity index (χ0n) is 16.2. The maximum absolute atomic E-state index is 14.3. The molecule has 1 aliphatic carbocycles. The van der Waals surface area contributed by atoms with Gasteiger partial charge in [-0.05, 0) is 18.8 Å². The van der Waals surface area contributed by atoms with E-state index in [-0.39, 0.29) is 12.1 Å². The number of rotatable bonds is 7. The van der Waals surface area contributed by atoms with Crippen LogP contribution in [0, 0.1) is 5.92 Å². The van der Waals surface area contributed by atoms with E-state index in [9.17, 15) is 17.7 Å². The molecule has 0 aliphatic heterocycles. The number of hydrogen-bond donors (Lipinski definition) is 1. The highest BCUT2D eigenvalue weighted by Crippen LogP contribution is 2.45. The molecule has 1 fully saturated rings. The van der Waals surface area contributed by atoms with Crippen LogP contribution >= 0.6 is 7.14 Å². The van der Waals surface area contributed by atoms with E-state index in [2.05, 4.69) is 10.5 Å². The van der Waals surface area contributed by atoms with Crippen molar-refractivity contribution >= 4 is 23.5 Å². The minimum atomic E-state index is -4.34. The molecule has 0 radical (unpaired) electrons. The maximum Gasteiger partial charge on any atom is 0.407 e. The lowest BCUT2D eigenvalue weighted by molar-refractivity contribution is -0.124. The predicted molar refractivity (Wildman–Crippen MR) is 113 cm³/mol. The molecule has 1 aliphatic rings. The van der Waals surface area contributed by atoms with Crippen LogP contribution in [0.5, 0.6) is 0 Å². The molecule has 156 valence electrons. The Labute approximate surface area is 169 Å². The van der Waals surface area contributed by atoms with Gasteiger partial charge in [0, 0.05) is 22.5 Å². The lowest BCUT2D eigenvalue weighted by Crippen LogP contribution is -2.31. The van der Waals surface area contributed by atoms with Crippen molar-refractivity contribution in [1.82, 2.24) is 5.43 Å². The van der Waals surface area contributed by atoms with Crippen molar-refractivity contribution in [3.63, 3.8) is 0 Å². The third-order valence-electron chi connectivity index (χ3n) is 5.31. The number of hydrogen-bond acceptors (Lipinski definition) is 3. The van der Waals surface area contributed by atoms with Crippen molar-refractivity contribution in [2.75, 3.05) is 12.7 Å². The first-order valence-electron chi connectivity index (χ1n) is 9.95. The third-order valence-corrected chi connectivity index (χ3v) is 8.34. The molecule has 0 atom stereocenters. The van der Waals surface area contributed by atoms with Gasteiger partial charge in [-0.25, -0.2) is 0 Å². The zero-order valence-corrected chi connectivity index (χ0v) is 17.1. The molecule has 29 heavy (non-hydrogen) atoms. The molecule has 1 saturated carbocycles. The highest BCUT2D eigenvalue weighted by Gasteiger charge is 2.33. The summed E-state index contributed by atoms with van der Waals surface area (Å²) in [5.74, 6) is 0.0604. The van der Waals surface area contributed by atoms with Crippen molar-refractivity contribution in [3.8, 4) is 0 Å². The summed E-state index contributed by atoms with van der Waals surface area (Å²) in [4.78, 5) is 0. The van der Waals surface area contributed by atoms with E-state index in [0.29, 0.717) is 16.3 Å². The lowest BCUT2D eigenvalue weighted by atomic mass is 9.86. The Morgan fingerprint density at radius 3 is 1.93 bits per heavy atom. The fraction of sp³-hybridized carbons (Fsp3) is 0.409. The lowest BCUT2D eigenvalue weighted by Gasteiger charge is -2.27. The Bertz CT molecular complexity index is 804. The number of alkyl halides is 3. The molecule has 0 unspecified atom stereocenters. The van der Waals surface area contributed by atoms with Gasteiger partial charge in [-0.15, -0.1) is 0 Å². The molecule has 7 heteroatoms. The van der Waals surface area contributed by atoms with Crippen LogP contribution in [0.15, 0.2) is 65.8 Å². The second kappa shape index (κ2) is 9.62. The Morgan fingerprint density at radius 1 is 0.931 bits per heavy atom. The fourth-order valence-corrected chi connectivity index (χ4v) is 6.58. The van der Waals surface area contributed by atoms with Crippen LogP contribution < -0.4 is 16.0 Å². The number of hydrazone groups is 1. The van der Waals surface area contributed by atoms with E-state index in [1.54, 1.807) is 0 Å². The summed E-state index contributed by atoms with van der Waals surface area (Å²) in [7, 11) is -3.08. The molecular weight excluding hydrogens is 396 g/mol. The van der Waals surface area contributed by atoms with Crippen molar-refractivity contribution in [1.29, 1.82) is 0 Å². The van der Waals surface area contributed by atoms with Crippen LogP contribution in [0.3, 0.4) is 0 Å². The number of nitrogens with zero attached hydrogens (tertiary/aromatic N) is 1. The minimum Gasteiger partial charge on any atom is -0.313 e. The van der Waals surface area contributed by atoms with Crippen LogP contribution in [-0.4, -0.2) is 24.6 Å². The maximum atomic E-state index is 14.3. The molecule has 3 rings (SSSR count). The van der Waals surface area contributed by atoms with Crippen LogP contribution in [0.2, 0.25) is 0 Å². The zero-order chi connectivity index (χ0) is 20.7. The largest absolute Gasteiger partial charge is 0.407 e. The van der Waals surface area contributed by atoms with Gasteiger partial charge in [0.2, 0.25) is 0 Å². The Hall–Kier alpha value is -2.07. The predicted octanol–water partition coefficient (Wildman–Crippen LogP) is 5.09. The summed E-state index contributed by atoms with van der Waals surface area (Å²) in [6.45, 7) is -1.19. The van der Waals surface area contributed by atoms with Gasteiger partial charge in [0.1, 0.15) is 13.7 Å². The molecule has 0 amide bonds. The van der Waals surface area contributed by atoms with Gasteiger partial charge in [-0.2, -0.15) is 18.3 Å². The van der Waals surface area contributed by atoms with E-state index in [1.165, 1.54) is 0 Å². The standard InChI is InChI=1S/C22H26F3N2OP/c23-22(24,25)17-26-27-21(18-10-4-1-5-11-18)16-29(28,19-12-6-2-7-13-19)20-14-8-3-9-15-20/h2-3,6-9,12-15,18,26H,1,4-5,10-11,16-17H2/b27-21-. The van der Waals surface area contributed by atoms with Crippen molar-refractivity contribution in [2.24, 2.45) is 11.0 Å². The SMILES string of the molecule is O=P(C/C(=N/NCC(F)(F)F)C1CCCCC1)(c1ccccc1)c1ccccc1. The molecule has 0 bridgehead atoms. The highest BCUT2D eigenvalue weighted by molar-refractivity contribution is 7.79. The van der Waals surface area contributed by atoms with E-state index < -0.39 is 19.9 Å². The summed E-state index contributed by atoms with van der Waals surface area (Å²) >= 11 is 0. The average Bonchev–Trinajstić information content (AvgIpc) is 2.74. The summed E-state index contributed by atoms with van der Waals surface area (Å²) in [5.41, 5.74) is 2.78. The van der Waals surface area contributed by atoms with Gasteiger partial charge >= 0.3 is 6.18 Å². The number of nitrogens with one attached hydrogen (secondary N) is 1. The molecule has 0 heterocycles. The molecule has 0 spiro atoms. The number of benzene rings is 2. The summed E-state index contributed by atoms with van der Waals surface area (Å²) in [6, 6.07) is 18.4. The second-order valence-corrected chi connectivity index (χ2v) is 10.3. The van der Waals surface area contributed by atoms with Gasteiger partial charge in [0.05, 0.1) is 0 Å². The smallest absolute Gasteiger partial charge is 0.313 e. The molecular formula is C22H26F3N2OP. The summed E-state index contributed by atoms with van der Waals surface area (Å²) in [6.07, 6.45) is 0.704. The van der Waals surface area contributed by atoms with Gasteiger partial charge in [0.25, 0.3) is 0 Å². The summed E-state index contributed by atoms with van der Waals surface area (Å²) < 4.78 is 52.2. The van der Waals surface area contributed by atoms with Crippen LogP contribution in [-0.2, 0) is 4.57 Å². The summed E-state index contributed by atoms with van der Waals surface area (Å²) in [5, 5.41) is 5.54. The van der Waals surface area contributed by atoms with Crippen molar-refractivity contribution in [3.05, 3.63) is 60.7 Å². The normalized spacial score (nSPS) is 16.6. The monoisotopic (exact) mass is 422 g/mol. The van der Waals surface area contributed by atoms with Gasteiger partial charge in [-0.1, -0.05) is 79.9 Å². The van der Waals surface area contributed by atoms with Crippen LogP contribution in [0.4, 0.5) is 13.2 Å². The first-order chi connectivity index (χ1) is 13.9. The van der Waals surface area contributed by atoms with Gasteiger partial charge in [0.15, 0.2) is 0 Å². The van der Waals surface area contributed by atoms with Gasteiger partial charge < -0.3 is 9.99 Å². The highest BCUT2D eigenvalue weighted by atomic mass is 31.2. The van der Waals surface area contributed by atoms with Crippen LogP contribution in [0.25, 0.3) is 0 Å². The Balaban J connectivity index is 1.96. The average molecular weight is 422 g/mol. The van der Waals surface area contributed by atoms with Gasteiger partial charge in [-0.3, -0.25) is 0 Å². The molecule has 1 N–H and O–H groups in total. The topological polar surface area (TPSA) is 41.5 Å². The third kappa shape index (κ3) is 5.96. The van der Waals surface area contributed by atoms with Crippen molar-refractivity contribution < 1.29 is 17.7 Å².